The van der Waals surface area contributed by atoms with E-state index >= 15 is 0 Å². The SMILES string of the molecule is CC(C)(C)OC(=O)N[C@H]1CC[C@H](Nc2cc(C(=O)OCc3ccccc3)ccc2C#N)CC1. The lowest BCUT2D eigenvalue weighted by atomic mass is 9.91. The van der Waals surface area contributed by atoms with Crippen molar-refractivity contribution in [1.82, 2.24) is 5.32 Å². The third-order valence-corrected chi connectivity index (χ3v) is 5.40. The lowest BCUT2D eigenvalue weighted by Gasteiger charge is -2.31. The highest BCUT2D eigenvalue weighted by Gasteiger charge is 2.25. The molecular weight excluding hydrogens is 418 g/mol. The van der Waals surface area contributed by atoms with E-state index < -0.39 is 17.7 Å². The number of hydrogen-bond acceptors (Lipinski definition) is 6. The molecule has 2 aromatic carbocycles. The molecule has 0 unspecified atom stereocenters. The highest BCUT2D eigenvalue weighted by molar-refractivity contribution is 5.91. The molecule has 0 bridgehead atoms. The lowest BCUT2D eigenvalue weighted by Crippen LogP contribution is -2.42. The van der Waals surface area contributed by atoms with Crippen molar-refractivity contribution < 1.29 is 19.1 Å². The first-order valence-corrected chi connectivity index (χ1v) is 11.2. The Bertz CT molecular complexity index is 1000. The second-order valence-corrected chi connectivity index (χ2v) is 9.27. The van der Waals surface area contributed by atoms with E-state index in [0.717, 1.165) is 31.2 Å². The molecule has 0 aromatic heterocycles. The van der Waals surface area contributed by atoms with Crippen LogP contribution in [0.5, 0.6) is 0 Å². The van der Waals surface area contributed by atoms with Crippen LogP contribution in [-0.2, 0) is 16.1 Å². The van der Waals surface area contributed by atoms with E-state index in [-0.39, 0.29) is 18.7 Å². The first-order valence-electron chi connectivity index (χ1n) is 11.2. The minimum atomic E-state index is -0.524. The second kappa shape index (κ2) is 10.9. The number of anilines is 1. The van der Waals surface area contributed by atoms with E-state index in [1.165, 1.54) is 0 Å². The third-order valence-electron chi connectivity index (χ3n) is 5.40. The molecule has 1 fully saturated rings. The predicted molar refractivity (Wildman–Crippen MR) is 126 cm³/mol. The lowest BCUT2D eigenvalue weighted by molar-refractivity contribution is 0.0468. The fourth-order valence-electron chi connectivity index (χ4n) is 3.77. The highest BCUT2D eigenvalue weighted by atomic mass is 16.6. The van der Waals surface area contributed by atoms with Crippen LogP contribution >= 0.6 is 0 Å². The van der Waals surface area contributed by atoms with Crippen molar-refractivity contribution >= 4 is 17.7 Å². The average Bonchev–Trinajstić information content (AvgIpc) is 2.78. The predicted octanol–water partition coefficient (Wildman–Crippen LogP) is 5.16. The normalized spacial score (nSPS) is 18.0. The van der Waals surface area contributed by atoms with E-state index in [9.17, 15) is 14.9 Å². The number of carbonyl (C=O) groups is 2. The Morgan fingerprint density at radius 2 is 1.70 bits per heavy atom. The minimum Gasteiger partial charge on any atom is -0.457 e. The van der Waals surface area contributed by atoms with Crippen molar-refractivity contribution in [3.63, 3.8) is 0 Å². The maximum Gasteiger partial charge on any atom is 0.407 e. The van der Waals surface area contributed by atoms with Gasteiger partial charge in [-0.3, -0.25) is 0 Å². The molecule has 2 N–H and O–H groups in total. The minimum absolute atomic E-state index is 0.0626. The molecule has 2 aromatic rings. The summed E-state index contributed by atoms with van der Waals surface area (Å²) in [5.41, 5.74) is 1.88. The second-order valence-electron chi connectivity index (χ2n) is 9.27. The molecule has 33 heavy (non-hydrogen) atoms. The number of esters is 1. The van der Waals surface area contributed by atoms with Crippen LogP contribution in [0.2, 0.25) is 0 Å². The molecule has 7 heteroatoms. The zero-order valence-corrected chi connectivity index (χ0v) is 19.4. The van der Waals surface area contributed by atoms with Crippen molar-refractivity contribution in [2.45, 2.75) is 70.7 Å². The number of nitrogens with one attached hydrogen (secondary N) is 2. The molecule has 1 saturated carbocycles. The zero-order chi connectivity index (χ0) is 23.8. The van der Waals surface area contributed by atoms with Crippen molar-refractivity contribution in [3.8, 4) is 6.07 Å². The fraction of sp³-hybridized carbons (Fsp3) is 0.423. The van der Waals surface area contributed by atoms with Crippen LogP contribution in [0.1, 0.15) is 67.9 Å². The van der Waals surface area contributed by atoms with Crippen LogP contribution in [0.3, 0.4) is 0 Å². The molecule has 0 radical (unpaired) electrons. The van der Waals surface area contributed by atoms with Gasteiger partial charge in [-0.15, -0.1) is 0 Å². The Morgan fingerprint density at radius 1 is 1.03 bits per heavy atom. The van der Waals surface area contributed by atoms with Gasteiger partial charge >= 0.3 is 12.1 Å². The summed E-state index contributed by atoms with van der Waals surface area (Å²) < 4.78 is 10.7. The molecule has 7 nitrogen and oxygen atoms in total. The maximum atomic E-state index is 12.5. The Labute approximate surface area is 195 Å². The Balaban J connectivity index is 1.55. The monoisotopic (exact) mass is 449 g/mol. The summed E-state index contributed by atoms with van der Waals surface area (Å²) in [6, 6.07) is 16.8. The van der Waals surface area contributed by atoms with Crippen LogP contribution in [0.15, 0.2) is 48.5 Å². The van der Waals surface area contributed by atoms with Crippen molar-refractivity contribution in [2.75, 3.05) is 5.32 Å². The molecule has 0 spiro atoms. The van der Waals surface area contributed by atoms with Gasteiger partial charge in [0.25, 0.3) is 0 Å². The van der Waals surface area contributed by atoms with Crippen LogP contribution < -0.4 is 10.6 Å². The van der Waals surface area contributed by atoms with Gasteiger partial charge in [0, 0.05) is 12.1 Å². The number of nitriles is 1. The van der Waals surface area contributed by atoms with Gasteiger partial charge < -0.3 is 20.1 Å². The number of hydrogen-bond donors (Lipinski definition) is 2. The maximum absolute atomic E-state index is 12.5. The van der Waals surface area contributed by atoms with Gasteiger partial charge in [-0.05, 0) is 70.2 Å². The molecular formula is C26H31N3O4. The summed E-state index contributed by atoms with van der Waals surface area (Å²) in [6.45, 7) is 5.71. The van der Waals surface area contributed by atoms with Crippen LogP contribution in [-0.4, -0.2) is 29.7 Å². The molecule has 1 aliphatic carbocycles. The average molecular weight is 450 g/mol. The molecule has 0 aliphatic heterocycles. The number of ether oxygens (including phenoxy) is 2. The molecule has 0 heterocycles. The number of rotatable bonds is 6. The van der Waals surface area contributed by atoms with Crippen molar-refractivity contribution in [1.29, 1.82) is 5.26 Å². The first kappa shape index (κ1) is 24.1. The molecule has 1 aliphatic rings. The standard InChI is InChI=1S/C26H31N3O4/c1-26(2,3)33-25(31)29-22-13-11-21(12-14-22)28-23-15-19(9-10-20(23)16-27)24(30)32-17-18-7-5-4-6-8-18/h4-10,15,21-22,28H,11-14,17H2,1-3H3,(H,29,31)/t21-,22-. The first-order chi connectivity index (χ1) is 15.7. The van der Waals surface area contributed by atoms with Crippen molar-refractivity contribution in [3.05, 3.63) is 65.2 Å². The molecule has 174 valence electrons. The quantitative estimate of drug-likeness (QED) is 0.591. The summed E-state index contributed by atoms with van der Waals surface area (Å²) >= 11 is 0. The van der Waals surface area contributed by atoms with Crippen LogP contribution in [0, 0.1) is 11.3 Å². The molecule has 0 atom stereocenters. The summed E-state index contributed by atoms with van der Waals surface area (Å²) in [6.07, 6.45) is 2.87. The van der Waals surface area contributed by atoms with Gasteiger partial charge in [-0.2, -0.15) is 5.26 Å². The summed E-state index contributed by atoms with van der Waals surface area (Å²) in [5, 5.41) is 15.8. The number of benzene rings is 2. The van der Waals surface area contributed by atoms with Gasteiger partial charge in [-0.25, -0.2) is 9.59 Å². The third kappa shape index (κ3) is 7.53. The fourth-order valence-corrected chi connectivity index (χ4v) is 3.77. The molecule has 1 amide bonds. The highest BCUT2D eigenvalue weighted by Crippen LogP contribution is 2.26. The van der Waals surface area contributed by atoms with Crippen LogP contribution in [0.25, 0.3) is 0 Å². The summed E-state index contributed by atoms with van der Waals surface area (Å²) in [4.78, 5) is 24.5. The van der Waals surface area contributed by atoms with Crippen LogP contribution in [0.4, 0.5) is 10.5 Å². The Morgan fingerprint density at radius 3 is 2.33 bits per heavy atom. The number of amides is 1. The van der Waals surface area contributed by atoms with Gasteiger partial charge in [0.2, 0.25) is 0 Å². The van der Waals surface area contributed by atoms with E-state index in [1.807, 2.05) is 51.1 Å². The number of nitrogens with zero attached hydrogens (tertiary/aromatic N) is 1. The van der Waals surface area contributed by atoms with Gasteiger partial charge in [0.05, 0.1) is 16.8 Å². The zero-order valence-electron chi connectivity index (χ0n) is 19.4. The largest absolute Gasteiger partial charge is 0.457 e. The van der Waals surface area contributed by atoms with E-state index in [4.69, 9.17) is 9.47 Å². The Hall–Kier alpha value is -3.53. The summed E-state index contributed by atoms with van der Waals surface area (Å²) in [7, 11) is 0. The van der Waals surface area contributed by atoms with Gasteiger partial charge in [-0.1, -0.05) is 30.3 Å². The van der Waals surface area contributed by atoms with Crippen molar-refractivity contribution in [2.24, 2.45) is 0 Å². The van der Waals surface area contributed by atoms with Gasteiger partial charge in [0.1, 0.15) is 18.3 Å². The van der Waals surface area contributed by atoms with E-state index in [0.29, 0.717) is 16.8 Å². The summed E-state index contributed by atoms with van der Waals surface area (Å²) in [5.74, 6) is -0.434. The smallest absolute Gasteiger partial charge is 0.407 e. The van der Waals surface area contributed by atoms with E-state index in [2.05, 4.69) is 16.7 Å². The van der Waals surface area contributed by atoms with E-state index in [1.54, 1.807) is 18.2 Å². The number of carbonyl (C=O) groups excluding carboxylic acids is 2. The number of alkyl carbamates (subject to hydrolysis) is 1. The topological polar surface area (TPSA) is 100 Å². The Kier molecular flexibility index (Phi) is 7.94. The molecule has 3 rings (SSSR count). The molecule has 0 saturated heterocycles. The van der Waals surface area contributed by atoms with Gasteiger partial charge in [0.15, 0.2) is 0 Å².